The number of carbonyl (C=O) groups excluding carboxylic acids is 1. The van der Waals surface area contributed by atoms with Crippen LogP contribution in [0.1, 0.15) is 34.2 Å². The highest BCUT2D eigenvalue weighted by Crippen LogP contribution is 2.25. The number of carbonyl (C=O) groups is 1. The number of H-pyrrole nitrogens is 1. The van der Waals surface area contributed by atoms with E-state index in [4.69, 9.17) is 23.2 Å². The topological polar surface area (TPSA) is 69.8 Å². The molecule has 3 N–H and O–H groups in total. The fourth-order valence-electron chi connectivity index (χ4n) is 2.79. The molecule has 1 aromatic heterocycles. The Hall–Kier alpha value is -1.27. The quantitative estimate of drug-likeness (QED) is 0.752. The van der Waals surface area contributed by atoms with E-state index in [1.54, 1.807) is 18.2 Å². The van der Waals surface area contributed by atoms with Crippen molar-refractivity contribution >= 4 is 41.5 Å². The highest BCUT2D eigenvalue weighted by molar-refractivity contribution is 6.36. The van der Waals surface area contributed by atoms with Crippen LogP contribution >= 0.6 is 35.6 Å². The van der Waals surface area contributed by atoms with Crippen molar-refractivity contribution in [1.82, 2.24) is 20.8 Å². The van der Waals surface area contributed by atoms with Gasteiger partial charge in [0.2, 0.25) is 0 Å². The van der Waals surface area contributed by atoms with Crippen LogP contribution in [0.3, 0.4) is 0 Å². The maximum Gasteiger partial charge on any atom is 0.272 e. The number of hydrogen-bond acceptors (Lipinski definition) is 3. The van der Waals surface area contributed by atoms with Gasteiger partial charge in [0.15, 0.2) is 5.69 Å². The van der Waals surface area contributed by atoms with Crippen LogP contribution in [0, 0.1) is 0 Å². The number of amides is 1. The van der Waals surface area contributed by atoms with Gasteiger partial charge >= 0.3 is 0 Å². The van der Waals surface area contributed by atoms with Gasteiger partial charge in [0.05, 0.1) is 0 Å². The molecule has 1 aromatic carbocycles. The summed E-state index contributed by atoms with van der Waals surface area (Å²) < 4.78 is 0. The molecule has 1 atom stereocenters. The summed E-state index contributed by atoms with van der Waals surface area (Å²) in [5.41, 5.74) is 3.30. The lowest BCUT2D eigenvalue weighted by atomic mass is 10.0. The molecule has 2 heterocycles. The number of nitrogens with one attached hydrogen (secondary N) is 3. The summed E-state index contributed by atoms with van der Waals surface area (Å²) in [6, 6.07) is 5.30. The Morgan fingerprint density at radius 3 is 2.79 bits per heavy atom. The summed E-state index contributed by atoms with van der Waals surface area (Å²) in [6.45, 7) is 3.49. The second-order valence-corrected chi connectivity index (χ2v) is 6.55. The molecule has 0 radical (unpaired) electrons. The van der Waals surface area contributed by atoms with Crippen molar-refractivity contribution in [1.29, 1.82) is 0 Å². The molecule has 1 aliphatic rings. The van der Waals surface area contributed by atoms with Crippen LogP contribution in [0.15, 0.2) is 18.2 Å². The van der Waals surface area contributed by atoms with Gasteiger partial charge in [0.25, 0.3) is 5.91 Å². The molecule has 0 saturated heterocycles. The second-order valence-electron chi connectivity index (χ2n) is 5.73. The minimum absolute atomic E-state index is 0. The van der Waals surface area contributed by atoms with Gasteiger partial charge in [0, 0.05) is 46.9 Å². The lowest BCUT2D eigenvalue weighted by Gasteiger charge is -2.17. The Balaban J connectivity index is 0.00000208. The normalized spacial score (nSPS) is 14.5. The average molecular weight is 390 g/mol. The Morgan fingerprint density at radius 2 is 2.08 bits per heavy atom. The monoisotopic (exact) mass is 388 g/mol. The number of aromatic nitrogens is 2. The van der Waals surface area contributed by atoms with E-state index in [0.717, 1.165) is 29.8 Å². The van der Waals surface area contributed by atoms with E-state index in [1.807, 2.05) is 6.92 Å². The van der Waals surface area contributed by atoms with Crippen molar-refractivity contribution in [2.75, 3.05) is 6.54 Å². The first kappa shape index (κ1) is 19.1. The fourth-order valence-corrected chi connectivity index (χ4v) is 3.34. The van der Waals surface area contributed by atoms with Crippen molar-refractivity contribution in [3.63, 3.8) is 0 Å². The fraction of sp³-hybridized carbons (Fsp3) is 0.375. The lowest BCUT2D eigenvalue weighted by Crippen LogP contribution is -2.35. The van der Waals surface area contributed by atoms with Gasteiger partial charge in [-0.1, -0.05) is 29.3 Å². The molecule has 0 spiro atoms. The van der Waals surface area contributed by atoms with Crippen molar-refractivity contribution in [3.8, 4) is 0 Å². The van der Waals surface area contributed by atoms with Gasteiger partial charge in [-0.15, -0.1) is 12.4 Å². The molecule has 0 bridgehead atoms. The SMILES string of the molecule is CC(Cc1c(Cl)cccc1Cl)NC(=O)c1n[nH]c2c1CNCC2.Cl. The van der Waals surface area contributed by atoms with E-state index in [2.05, 4.69) is 20.8 Å². The molecular formula is C16H19Cl3N4O. The maximum absolute atomic E-state index is 12.5. The predicted octanol–water partition coefficient (Wildman–Crippen LogP) is 3.15. The van der Waals surface area contributed by atoms with Gasteiger partial charge in [-0.25, -0.2) is 0 Å². The van der Waals surface area contributed by atoms with Crippen LogP contribution in [0.4, 0.5) is 0 Å². The summed E-state index contributed by atoms with van der Waals surface area (Å²) in [7, 11) is 0. The molecule has 0 saturated carbocycles. The molecule has 24 heavy (non-hydrogen) atoms. The highest BCUT2D eigenvalue weighted by Gasteiger charge is 2.22. The molecular weight excluding hydrogens is 371 g/mol. The summed E-state index contributed by atoms with van der Waals surface area (Å²) in [5.74, 6) is -0.179. The summed E-state index contributed by atoms with van der Waals surface area (Å²) in [4.78, 5) is 12.5. The second kappa shape index (κ2) is 8.21. The van der Waals surface area contributed by atoms with Crippen molar-refractivity contribution in [3.05, 3.63) is 50.8 Å². The summed E-state index contributed by atoms with van der Waals surface area (Å²) in [6.07, 6.45) is 1.43. The van der Waals surface area contributed by atoms with Crippen molar-refractivity contribution in [2.45, 2.75) is 32.4 Å². The number of hydrogen-bond donors (Lipinski definition) is 3. The molecule has 2 aromatic rings. The van der Waals surface area contributed by atoms with Crippen LogP contribution in [-0.4, -0.2) is 28.7 Å². The molecule has 1 amide bonds. The van der Waals surface area contributed by atoms with E-state index in [9.17, 15) is 4.79 Å². The number of rotatable bonds is 4. The third-order valence-electron chi connectivity index (χ3n) is 3.97. The maximum atomic E-state index is 12.5. The van der Waals surface area contributed by atoms with E-state index in [0.29, 0.717) is 28.7 Å². The number of benzene rings is 1. The molecule has 130 valence electrons. The Kier molecular flexibility index (Phi) is 6.52. The van der Waals surface area contributed by atoms with Crippen LogP contribution in [0.25, 0.3) is 0 Å². The van der Waals surface area contributed by atoms with Crippen LogP contribution in [0.2, 0.25) is 10.0 Å². The van der Waals surface area contributed by atoms with E-state index < -0.39 is 0 Å². The molecule has 0 aliphatic carbocycles. The minimum atomic E-state index is -0.179. The standard InChI is InChI=1S/C16H18Cl2N4O.ClH/c1-9(7-10-12(17)3-2-4-13(10)18)20-16(23)15-11-8-19-6-5-14(11)21-22-15;/h2-4,9,19H,5-8H2,1H3,(H,20,23)(H,21,22);1H. The van der Waals surface area contributed by atoms with E-state index >= 15 is 0 Å². The minimum Gasteiger partial charge on any atom is -0.348 e. The molecule has 0 fully saturated rings. The zero-order valence-electron chi connectivity index (χ0n) is 13.2. The first-order chi connectivity index (χ1) is 11.1. The summed E-state index contributed by atoms with van der Waals surface area (Å²) >= 11 is 12.4. The largest absolute Gasteiger partial charge is 0.348 e. The third-order valence-corrected chi connectivity index (χ3v) is 4.68. The first-order valence-electron chi connectivity index (χ1n) is 7.57. The lowest BCUT2D eigenvalue weighted by molar-refractivity contribution is 0.0934. The number of nitrogens with zero attached hydrogens (tertiary/aromatic N) is 1. The van der Waals surface area contributed by atoms with Gasteiger partial charge in [-0.05, 0) is 31.0 Å². The van der Waals surface area contributed by atoms with Crippen LogP contribution in [-0.2, 0) is 19.4 Å². The Labute approximate surface area is 156 Å². The van der Waals surface area contributed by atoms with Crippen LogP contribution < -0.4 is 10.6 Å². The van der Waals surface area contributed by atoms with Gasteiger partial charge in [0.1, 0.15) is 0 Å². The van der Waals surface area contributed by atoms with Crippen LogP contribution in [0.5, 0.6) is 0 Å². The van der Waals surface area contributed by atoms with Crippen molar-refractivity contribution in [2.24, 2.45) is 0 Å². The Bertz CT molecular complexity index is 712. The molecule has 3 rings (SSSR count). The third kappa shape index (κ3) is 4.03. The number of aromatic amines is 1. The molecule has 8 heteroatoms. The smallest absolute Gasteiger partial charge is 0.272 e. The first-order valence-corrected chi connectivity index (χ1v) is 8.32. The number of halogens is 3. The summed E-state index contributed by atoms with van der Waals surface area (Å²) in [5, 5.41) is 14.6. The van der Waals surface area contributed by atoms with E-state index in [1.165, 1.54) is 0 Å². The number of fused-ring (bicyclic) bond motifs is 1. The molecule has 1 aliphatic heterocycles. The molecule has 1 unspecified atom stereocenters. The molecule has 5 nitrogen and oxygen atoms in total. The van der Waals surface area contributed by atoms with Gasteiger partial charge in [-0.2, -0.15) is 5.10 Å². The van der Waals surface area contributed by atoms with E-state index in [-0.39, 0.29) is 24.4 Å². The Morgan fingerprint density at radius 1 is 1.38 bits per heavy atom. The predicted molar refractivity (Wildman–Crippen MR) is 98.3 cm³/mol. The van der Waals surface area contributed by atoms with Gasteiger partial charge in [-0.3, -0.25) is 9.89 Å². The van der Waals surface area contributed by atoms with Gasteiger partial charge < -0.3 is 10.6 Å². The van der Waals surface area contributed by atoms with Crippen molar-refractivity contribution < 1.29 is 4.79 Å². The zero-order chi connectivity index (χ0) is 16.4. The average Bonchev–Trinajstić information content (AvgIpc) is 2.95. The zero-order valence-corrected chi connectivity index (χ0v) is 15.5. The highest BCUT2D eigenvalue weighted by atomic mass is 35.5.